The monoisotopic (exact) mass is 327 g/mol. The van der Waals surface area contributed by atoms with Gasteiger partial charge in [0, 0.05) is 18.1 Å². The second-order valence-electron chi connectivity index (χ2n) is 8.36. The number of nitrogens with one attached hydrogen (secondary N) is 3. The molecule has 2 unspecified atom stereocenters. The fraction of sp³-hybridized carbons (Fsp3) is 0.882. The lowest BCUT2D eigenvalue weighted by Crippen LogP contribution is -2.48. The Morgan fingerprint density at radius 3 is 2.30 bits per heavy atom. The lowest BCUT2D eigenvalue weighted by Gasteiger charge is -2.25. The van der Waals surface area contributed by atoms with Crippen LogP contribution in [0.15, 0.2) is 0 Å². The van der Waals surface area contributed by atoms with Gasteiger partial charge in [0.25, 0.3) is 0 Å². The third-order valence-corrected chi connectivity index (χ3v) is 3.61. The lowest BCUT2D eigenvalue weighted by atomic mass is 10.0. The molecule has 1 fully saturated rings. The van der Waals surface area contributed by atoms with Crippen LogP contribution in [0.2, 0.25) is 0 Å². The first-order chi connectivity index (χ1) is 10.5. The largest absolute Gasteiger partial charge is 0.444 e. The molecule has 0 saturated heterocycles. The van der Waals surface area contributed by atoms with Crippen LogP contribution in [0.5, 0.6) is 0 Å². The van der Waals surface area contributed by atoms with Crippen molar-refractivity contribution in [2.45, 2.75) is 78.0 Å². The highest BCUT2D eigenvalue weighted by Gasteiger charge is 2.28. The molecule has 3 N–H and O–H groups in total. The van der Waals surface area contributed by atoms with Crippen LogP contribution in [0.4, 0.5) is 4.79 Å². The molecule has 1 aliphatic rings. The zero-order valence-electron chi connectivity index (χ0n) is 15.4. The Morgan fingerprint density at radius 1 is 1.09 bits per heavy atom. The molecule has 0 aromatic carbocycles. The predicted molar refractivity (Wildman–Crippen MR) is 91.3 cm³/mol. The van der Waals surface area contributed by atoms with Crippen LogP contribution in [-0.4, -0.2) is 42.3 Å². The molecule has 0 aliphatic heterocycles. The minimum atomic E-state index is -0.484. The van der Waals surface area contributed by atoms with Crippen molar-refractivity contribution in [1.29, 1.82) is 0 Å². The van der Waals surface area contributed by atoms with E-state index in [-0.39, 0.29) is 23.6 Å². The molecule has 1 saturated carbocycles. The second-order valence-corrected chi connectivity index (χ2v) is 8.36. The SMILES string of the molecule is CC(C)(C)NC(=O)CNC1CCCC1CNC(=O)OC(C)(C)C. The Balaban J connectivity index is 2.34. The van der Waals surface area contributed by atoms with Crippen molar-refractivity contribution in [2.24, 2.45) is 5.92 Å². The first kappa shape index (κ1) is 19.7. The minimum Gasteiger partial charge on any atom is -0.444 e. The maximum absolute atomic E-state index is 11.9. The number of amides is 2. The standard InChI is InChI=1S/C17H33N3O3/c1-16(2,3)20-14(21)11-18-13-9-7-8-12(13)10-19-15(22)23-17(4,5)6/h12-13,18H,7-11H2,1-6H3,(H,19,22)(H,20,21). The van der Waals surface area contributed by atoms with Crippen molar-refractivity contribution in [3.8, 4) is 0 Å². The summed E-state index contributed by atoms with van der Waals surface area (Å²) in [5, 5.41) is 9.10. The molecule has 0 aromatic heterocycles. The summed E-state index contributed by atoms with van der Waals surface area (Å²) in [4.78, 5) is 23.6. The topological polar surface area (TPSA) is 79.5 Å². The number of rotatable bonds is 5. The van der Waals surface area contributed by atoms with E-state index in [0.717, 1.165) is 19.3 Å². The van der Waals surface area contributed by atoms with Gasteiger partial charge in [-0.05, 0) is 60.3 Å². The Kier molecular flexibility index (Phi) is 6.86. The van der Waals surface area contributed by atoms with Crippen LogP contribution in [0.1, 0.15) is 60.8 Å². The summed E-state index contributed by atoms with van der Waals surface area (Å²) in [7, 11) is 0. The average Bonchev–Trinajstić information content (AvgIpc) is 2.77. The van der Waals surface area contributed by atoms with Crippen molar-refractivity contribution in [1.82, 2.24) is 16.0 Å². The normalized spacial score (nSPS) is 21.8. The lowest BCUT2D eigenvalue weighted by molar-refractivity contribution is -0.121. The van der Waals surface area contributed by atoms with Gasteiger partial charge in [-0.2, -0.15) is 0 Å². The van der Waals surface area contributed by atoms with Gasteiger partial charge in [-0.1, -0.05) is 6.42 Å². The average molecular weight is 327 g/mol. The number of hydrogen-bond donors (Lipinski definition) is 3. The Hall–Kier alpha value is -1.30. The zero-order valence-corrected chi connectivity index (χ0v) is 15.4. The van der Waals surface area contributed by atoms with Gasteiger partial charge in [0.2, 0.25) is 5.91 Å². The van der Waals surface area contributed by atoms with Gasteiger partial charge >= 0.3 is 6.09 Å². The third kappa shape index (κ3) is 8.79. The highest BCUT2D eigenvalue weighted by Crippen LogP contribution is 2.25. The van der Waals surface area contributed by atoms with Gasteiger partial charge in [-0.15, -0.1) is 0 Å². The molecule has 0 bridgehead atoms. The zero-order chi connectivity index (χ0) is 17.7. The van der Waals surface area contributed by atoms with Gasteiger partial charge in [-0.25, -0.2) is 4.79 Å². The molecule has 0 aromatic rings. The molecule has 1 rings (SSSR count). The van der Waals surface area contributed by atoms with E-state index in [1.54, 1.807) is 0 Å². The maximum atomic E-state index is 11.9. The van der Waals surface area contributed by atoms with Gasteiger partial charge in [0.05, 0.1) is 6.54 Å². The molecular weight excluding hydrogens is 294 g/mol. The van der Waals surface area contributed by atoms with Crippen LogP contribution in [0.25, 0.3) is 0 Å². The van der Waals surface area contributed by atoms with Gasteiger partial charge < -0.3 is 20.7 Å². The van der Waals surface area contributed by atoms with E-state index in [0.29, 0.717) is 19.0 Å². The fourth-order valence-corrected chi connectivity index (χ4v) is 2.76. The molecule has 0 heterocycles. The van der Waals surface area contributed by atoms with Gasteiger partial charge in [0.15, 0.2) is 0 Å². The van der Waals surface area contributed by atoms with Crippen LogP contribution >= 0.6 is 0 Å². The summed E-state index contributed by atoms with van der Waals surface area (Å²) >= 11 is 0. The fourth-order valence-electron chi connectivity index (χ4n) is 2.76. The van der Waals surface area contributed by atoms with Crippen molar-refractivity contribution in [3.05, 3.63) is 0 Å². The third-order valence-electron chi connectivity index (χ3n) is 3.61. The maximum Gasteiger partial charge on any atom is 0.407 e. The van der Waals surface area contributed by atoms with E-state index >= 15 is 0 Å². The Morgan fingerprint density at radius 2 is 1.74 bits per heavy atom. The molecule has 0 radical (unpaired) electrons. The smallest absolute Gasteiger partial charge is 0.407 e. The quantitative estimate of drug-likeness (QED) is 0.723. The van der Waals surface area contributed by atoms with Crippen LogP contribution < -0.4 is 16.0 Å². The summed E-state index contributed by atoms with van der Waals surface area (Å²) in [5.74, 6) is 0.341. The molecule has 134 valence electrons. The molecule has 2 amide bonds. The number of carbonyl (C=O) groups excluding carboxylic acids is 2. The Labute approximate surface area is 140 Å². The van der Waals surface area contributed by atoms with E-state index in [1.807, 2.05) is 41.5 Å². The first-order valence-electron chi connectivity index (χ1n) is 8.47. The van der Waals surface area contributed by atoms with Crippen LogP contribution in [0.3, 0.4) is 0 Å². The number of carbonyl (C=O) groups is 2. The number of alkyl carbamates (subject to hydrolysis) is 1. The summed E-state index contributed by atoms with van der Waals surface area (Å²) < 4.78 is 5.25. The molecule has 2 atom stereocenters. The molecular formula is C17H33N3O3. The summed E-state index contributed by atoms with van der Waals surface area (Å²) in [6.07, 6.45) is 2.81. The predicted octanol–water partition coefficient (Wildman–Crippen LogP) is 2.18. The van der Waals surface area contributed by atoms with E-state index in [9.17, 15) is 9.59 Å². The van der Waals surface area contributed by atoms with E-state index < -0.39 is 5.60 Å². The van der Waals surface area contributed by atoms with Crippen molar-refractivity contribution in [2.75, 3.05) is 13.1 Å². The molecule has 6 heteroatoms. The van der Waals surface area contributed by atoms with Gasteiger partial charge in [0.1, 0.15) is 5.60 Å². The number of ether oxygens (including phenoxy) is 1. The highest BCUT2D eigenvalue weighted by atomic mass is 16.6. The van der Waals surface area contributed by atoms with Crippen molar-refractivity contribution >= 4 is 12.0 Å². The summed E-state index contributed by atoms with van der Waals surface area (Å²) in [6, 6.07) is 0.260. The van der Waals surface area contributed by atoms with Crippen molar-refractivity contribution in [3.63, 3.8) is 0 Å². The highest BCUT2D eigenvalue weighted by molar-refractivity contribution is 5.78. The minimum absolute atomic E-state index is 0.00301. The van der Waals surface area contributed by atoms with Crippen LogP contribution in [0, 0.1) is 5.92 Å². The first-order valence-corrected chi connectivity index (χ1v) is 8.47. The molecule has 1 aliphatic carbocycles. The second kappa shape index (κ2) is 7.99. The Bertz CT molecular complexity index is 372. The molecule has 23 heavy (non-hydrogen) atoms. The van der Waals surface area contributed by atoms with Crippen LogP contribution in [-0.2, 0) is 9.53 Å². The van der Waals surface area contributed by atoms with E-state index in [2.05, 4.69) is 16.0 Å². The molecule has 0 spiro atoms. The number of hydrogen-bond acceptors (Lipinski definition) is 4. The van der Waals surface area contributed by atoms with E-state index in [1.165, 1.54) is 0 Å². The summed E-state index contributed by atoms with van der Waals surface area (Å²) in [5.41, 5.74) is -0.700. The van der Waals surface area contributed by atoms with Gasteiger partial charge in [-0.3, -0.25) is 4.79 Å². The van der Waals surface area contributed by atoms with Crippen molar-refractivity contribution < 1.29 is 14.3 Å². The summed E-state index contributed by atoms with van der Waals surface area (Å²) in [6.45, 7) is 12.3. The molecule has 6 nitrogen and oxygen atoms in total. The van der Waals surface area contributed by atoms with E-state index in [4.69, 9.17) is 4.74 Å².